The highest BCUT2D eigenvalue weighted by Crippen LogP contribution is 2.37. The van der Waals surface area contributed by atoms with Crippen LogP contribution in [0.3, 0.4) is 0 Å². The normalized spacial score (nSPS) is 14.0. The molecule has 30 heavy (non-hydrogen) atoms. The number of hydrogen-bond donors (Lipinski definition) is 0. The third-order valence-electron chi connectivity index (χ3n) is 5.68. The van der Waals surface area contributed by atoms with Gasteiger partial charge in [0.15, 0.2) is 5.82 Å². The Morgan fingerprint density at radius 3 is 2.50 bits per heavy atom. The summed E-state index contributed by atoms with van der Waals surface area (Å²) in [5, 5.41) is 12.7. The standard InChI is InChI=1S/C24H22FN5/c25-21-12-10-20(11-13-21)23(29-16-15-19-8-4-5-9-22(19)29)24-26-27-28-30(24)17-14-18-6-2-1-3-7-18/h1-13,23H,14-17H2/t23-/m0/s1. The number of para-hydroxylation sites is 1. The van der Waals surface area contributed by atoms with E-state index in [4.69, 9.17) is 0 Å². The van der Waals surface area contributed by atoms with Crippen molar-refractivity contribution in [3.8, 4) is 0 Å². The smallest absolute Gasteiger partial charge is 0.178 e. The number of fused-ring (bicyclic) bond motifs is 1. The quantitative estimate of drug-likeness (QED) is 0.487. The zero-order valence-corrected chi connectivity index (χ0v) is 16.5. The largest absolute Gasteiger partial charge is 0.357 e. The molecule has 0 spiro atoms. The fourth-order valence-corrected chi connectivity index (χ4v) is 4.19. The first-order chi connectivity index (χ1) is 14.8. The number of tetrazole rings is 1. The minimum absolute atomic E-state index is 0.181. The van der Waals surface area contributed by atoms with E-state index in [0.717, 1.165) is 30.8 Å². The predicted molar refractivity (Wildman–Crippen MR) is 114 cm³/mol. The van der Waals surface area contributed by atoms with Crippen molar-refractivity contribution in [3.05, 3.63) is 107 Å². The zero-order chi connectivity index (χ0) is 20.3. The molecule has 5 rings (SSSR count). The van der Waals surface area contributed by atoms with Gasteiger partial charge in [-0.15, -0.1) is 5.10 Å². The van der Waals surface area contributed by atoms with E-state index in [0.29, 0.717) is 6.54 Å². The van der Waals surface area contributed by atoms with Crippen LogP contribution in [0.5, 0.6) is 0 Å². The van der Waals surface area contributed by atoms with Gasteiger partial charge in [-0.2, -0.15) is 0 Å². The molecule has 2 heterocycles. The minimum atomic E-state index is -0.247. The Morgan fingerprint density at radius 2 is 1.67 bits per heavy atom. The summed E-state index contributed by atoms with van der Waals surface area (Å²) in [5.41, 5.74) is 4.71. The summed E-state index contributed by atoms with van der Waals surface area (Å²) in [4.78, 5) is 2.33. The molecule has 3 aromatic carbocycles. The highest BCUT2D eigenvalue weighted by Gasteiger charge is 2.32. The number of benzene rings is 3. The molecule has 1 aliphatic heterocycles. The van der Waals surface area contributed by atoms with Crippen molar-refractivity contribution < 1.29 is 4.39 Å². The maximum absolute atomic E-state index is 13.6. The summed E-state index contributed by atoms with van der Waals surface area (Å²) in [6.45, 7) is 1.55. The lowest BCUT2D eigenvalue weighted by Gasteiger charge is -2.30. The van der Waals surface area contributed by atoms with E-state index in [9.17, 15) is 4.39 Å². The Morgan fingerprint density at radius 1 is 0.900 bits per heavy atom. The summed E-state index contributed by atoms with van der Waals surface area (Å²) in [6, 6.07) is 25.2. The first kappa shape index (κ1) is 18.5. The number of aryl methyl sites for hydroxylation is 2. The second kappa shape index (κ2) is 8.06. The van der Waals surface area contributed by atoms with Crippen molar-refractivity contribution in [2.45, 2.75) is 25.4 Å². The Bertz CT molecular complexity index is 1120. The molecule has 4 aromatic rings. The van der Waals surface area contributed by atoms with E-state index >= 15 is 0 Å². The fraction of sp³-hybridized carbons (Fsp3) is 0.208. The summed E-state index contributed by atoms with van der Waals surface area (Å²) in [6.07, 6.45) is 1.81. The Labute approximate surface area is 174 Å². The molecule has 0 unspecified atom stereocenters. The zero-order valence-electron chi connectivity index (χ0n) is 16.5. The molecule has 0 radical (unpaired) electrons. The highest BCUT2D eigenvalue weighted by molar-refractivity contribution is 5.60. The van der Waals surface area contributed by atoms with Crippen LogP contribution in [0.2, 0.25) is 0 Å². The Kier molecular flexibility index (Phi) is 4.97. The van der Waals surface area contributed by atoms with Crippen LogP contribution >= 0.6 is 0 Å². The molecule has 6 heteroatoms. The Hall–Kier alpha value is -3.54. The van der Waals surface area contributed by atoms with Crippen molar-refractivity contribution in [1.82, 2.24) is 20.2 Å². The van der Waals surface area contributed by atoms with Crippen LogP contribution in [-0.2, 0) is 19.4 Å². The summed E-state index contributed by atoms with van der Waals surface area (Å²) in [7, 11) is 0. The van der Waals surface area contributed by atoms with Gasteiger partial charge in [0.2, 0.25) is 0 Å². The van der Waals surface area contributed by atoms with E-state index in [2.05, 4.69) is 56.8 Å². The van der Waals surface area contributed by atoms with Crippen LogP contribution in [0.15, 0.2) is 78.9 Å². The van der Waals surface area contributed by atoms with Gasteiger partial charge in [-0.25, -0.2) is 9.07 Å². The van der Waals surface area contributed by atoms with Gasteiger partial charge >= 0.3 is 0 Å². The van der Waals surface area contributed by atoms with Crippen molar-refractivity contribution in [3.63, 3.8) is 0 Å². The van der Waals surface area contributed by atoms with E-state index in [1.165, 1.54) is 28.9 Å². The second-order valence-electron chi connectivity index (χ2n) is 7.52. The van der Waals surface area contributed by atoms with Crippen LogP contribution in [0.4, 0.5) is 10.1 Å². The number of rotatable bonds is 6. The Balaban J connectivity index is 1.52. The average Bonchev–Trinajstić information content (AvgIpc) is 3.42. The monoisotopic (exact) mass is 399 g/mol. The van der Waals surface area contributed by atoms with Crippen molar-refractivity contribution in [2.24, 2.45) is 0 Å². The number of hydrogen-bond acceptors (Lipinski definition) is 4. The second-order valence-corrected chi connectivity index (χ2v) is 7.52. The molecule has 1 atom stereocenters. The molecule has 0 aliphatic carbocycles. The van der Waals surface area contributed by atoms with E-state index in [1.54, 1.807) is 0 Å². The SMILES string of the molecule is Fc1ccc([C@@H](c2nnnn2CCc2ccccc2)N2CCc3ccccc32)cc1. The molecule has 0 fully saturated rings. The highest BCUT2D eigenvalue weighted by atomic mass is 19.1. The third-order valence-corrected chi connectivity index (χ3v) is 5.68. The first-order valence-corrected chi connectivity index (χ1v) is 10.2. The van der Waals surface area contributed by atoms with Crippen LogP contribution in [-0.4, -0.2) is 26.8 Å². The molecular formula is C24H22FN5. The van der Waals surface area contributed by atoms with Gasteiger partial charge in [-0.1, -0.05) is 60.7 Å². The molecule has 0 saturated heterocycles. The predicted octanol–water partition coefficient (Wildman–Crippen LogP) is 4.21. The number of aromatic nitrogens is 4. The topological polar surface area (TPSA) is 46.8 Å². The molecular weight excluding hydrogens is 377 g/mol. The molecule has 150 valence electrons. The third kappa shape index (κ3) is 3.56. The fourth-order valence-electron chi connectivity index (χ4n) is 4.19. The molecule has 0 saturated carbocycles. The van der Waals surface area contributed by atoms with Crippen LogP contribution in [0.25, 0.3) is 0 Å². The van der Waals surface area contributed by atoms with E-state index in [-0.39, 0.29) is 11.9 Å². The van der Waals surface area contributed by atoms with Gasteiger partial charge in [0.25, 0.3) is 0 Å². The van der Waals surface area contributed by atoms with Crippen LogP contribution < -0.4 is 4.90 Å². The van der Waals surface area contributed by atoms with Gasteiger partial charge in [-0.3, -0.25) is 0 Å². The molecule has 5 nitrogen and oxygen atoms in total. The summed E-state index contributed by atoms with van der Waals surface area (Å²) < 4.78 is 15.5. The lowest BCUT2D eigenvalue weighted by molar-refractivity contribution is 0.539. The van der Waals surface area contributed by atoms with E-state index in [1.807, 2.05) is 35.0 Å². The number of halogens is 1. The van der Waals surface area contributed by atoms with Gasteiger partial charge in [-0.05, 0) is 58.2 Å². The average molecular weight is 399 g/mol. The van der Waals surface area contributed by atoms with Gasteiger partial charge in [0.05, 0.1) is 0 Å². The van der Waals surface area contributed by atoms with Crippen molar-refractivity contribution in [2.75, 3.05) is 11.4 Å². The lowest BCUT2D eigenvalue weighted by Crippen LogP contribution is -2.30. The minimum Gasteiger partial charge on any atom is -0.357 e. The van der Waals surface area contributed by atoms with Crippen molar-refractivity contribution in [1.29, 1.82) is 0 Å². The maximum atomic E-state index is 13.6. The first-order valence-electron chi connectivity index (χ1n) is 10.2. The summed E-state index contributed by atoms with van der Waals surface area (Å²) >= 11 is 0. The molecule has 0 N–H and O–H groups in total. The van der Waals surface area contributed by atoms with Gasteiger partial charge in [0, 0.05) is 18.8 Å². The van der Waals surface area contributed by atoms with E-state index < -0.39 is 0 Å². The number of anilines is 1. The van der Waals surface area contributed by atoms with Crippen molar-refractivity contribution >= 4 is 5.69 Å². The van der Waals surface area contributed by atoms with Crippen LogP contribution in [0, 0.1) is 5.82 Å². The maximum Gasteiger partial charge on any atom is 0.178 e. The van der Waals surface area contributed by atoms with Gasteiger partial charge in [0.1, 0.15) is 11.9 Å². The summed E-state index contributed by atoms with van der Waals surface area (Å²) in [5.74, 6) is 0.525. The molecule has 1 aliphatic rings. The molecule has 0 amide bonds. The molecule has 0 bridgehead atoms. The lowest BCUT2D eigenvalue weighted by atomic mass is 10.0. The number of nitrogens with zero attached hydrogens (tertiary/aromatic N) is 5. The molecule has 1 aromatic heterocycles. The van der Waals surface area contributed by atoms with Gasteiger partial charge < -0.3 is 4.90 Å². The van der Waals surface area contributed by atoms with Crippen LogP contribution in [0.1, 0.15) is 28.6 Å².